The van der Waals surface area contributed by atoms with Crippen LogP contribution in [0.5, 0.6) is 0 Å². The van der Waals surface area contributed by atoms with E-state index in [4.69, 9.17) is 16.3 Å². The molecule has 0 aromatic heterocycles. The zero-order chi connectivity index (χ0) is 16.5. The number of carbonyl (C=O) groups excluding carboxylic acids is 1. The van der Waals surface area contributed by atoms with Crippen molar-refractivity contribution in [1.29, 1.82) is 0 Å². The molecule has 0 unspecified atom stereocenters. The van der Waals surface area contributed by atoms with Crippen LogP contribution in [0.4, 0.5) is 14.9 Å². The van der Waals surface area contributed by atoms with Gasteiger partial charge in [0.2, 0.25) is 0 Å². The van der Waals surface area contributed by atoms with E-state index in [1.165, 1.54) is 6.07 Å². The molecule has 1 atom stereocenters. The van der Waals surface area contributed by atoms with Gasteiger partial charge in [-0.1, -0.05) is 11.6 Å². The van der Waals surface area contributed by atoms with Crippen molar-refractivity contribution in [3.8, 4) is 0 Å². The Balaban J connectivity index is 2.03. The van der Waals surface area contributed by atoms with Gasteiger partial charge in [0.05, 0.1) is 5.02 Å². The highest BCUT2D eigenvalue weighted by molar-refractivity contribution is 6.31. The second-order valence-corrected chi connectivity index (χ2v) is 6.97. The number of amides is 1. The van der Waals surface area contributed by atoms with Crippen LogP contribution >= 0.6 is 11.6 Å². The second kappa shape index (κ2) is 6.32. The molecule has 6 heteroatoms. The molecule has 22 heavy (non-hydrogen) atoms. The van der Waals surface area contributed by atoms with Crippen LogP contribution in [0.25, 0.3) is 0 Å². The maximum Gasteiger partial charge on any atom is 0.410 e. The Kier molecular flexibility index (Phi) is 4.85. The summed E-state index contributed by atoms with van der Waals surface area (Å²) in [7, 11) is 0. The molecular formula is C16H22ClFN2O2. The van der Waals surface area contributed by atoms with Crippen LogP contribution in [0.1, 0.15) is 27.7 Å². The van der Waals surface area contributed by atoms with Gasteiger partial charge in [-0.25, -0.2) is 9.18 Å². The minimum Gasteiger partial charge on any atom is -0.444 e. The number of rotatable bonds is 1. The molecule has 1 aliphatic heterocycles. The van der Waals surface area contributed by atoms with Crippen molar-refractivity contribution in [2.75, 3.05) is 24.5 Å². The Hall–Kier alpha value is -1.49. The van der Waals surface area contributed by atoms with Crippen LogP contribution in [-0.4, -0.2) is 42.3 Å². The first-order chi connectivity index (χ1) is 10.2. The maximum absolute atomic E-state index is 13.3. The van der Waals surface area contributed by atoms with Gasteiger partial charge in [0.1, 0.15) is 11.4 Å². The Morgan fingerprint density at radius 3 is 2.59 bits per heavy atom. The molecule has 2 rings (SSSR count). The standard InChI is InChI=1S/C16H22ClFN2O2/c1-11-10-19(15(21)22-16(2,3)4)7-8-20(11)12-5-6-14(18)13(17)9-12/h5-6,9,11H,7-8,10H2,1-4H3/t11-/m0/s1. The Morgan fingerprint density at radius 2 is 2.05 bits per heavy atom. The van der Waals surface area contributed by atoms with E-state index in [2.05, 4.69) is 4.90 Å². The van der Waals surface area contributed by atoms with Crippen LogP contribution < -0.4 is 4.90 Å². The first kappa shape index (κ1) is 16.9. The van der Waals surface area contributed by atoms with Crippen LogP contribution in [0.3, 0.4) is 0 Å². The molecule has 1 aromatic rings. The summed E-state index contributed by atoms with van der Waals surface area (Å²) in [5.74, 6) is -0.425. The number of piperazine rings is 1. The molecule has 1 saturated heterocycles. The van der Waals surface area contributed by atoms with Crippen molar-refractivity contribution in [3.63, 3.8) is 0 Å². The van der Waals surface area contributed by atoms with E-state index in [-0.39, 0.29) is 17.2 Å². The highest BCUT2D eigenvalue weighted by Gasteiger charge is 2.30. The molecule has 1 aromatic carbocycles. The summed E-state index contributed by atoms with van der Waals surface area (Å²) < 4.78 is 18.7. The first-order valence-electron chi connectivity index (χ1n) is 7.37. The number of carbonyl (C=O) groups is 1. The summed E-state index contributed by atoms with van der Waals surface area (Å²) in [6.07, 6.45) is -0.295. The van der Waals surface area contributed by atoms with Crippen LogP contribution in [0.15, 0.2) is 18.2 Å². The molecule has 0 N–H and O–H groups in total. The molecule has 122 valence electrons. The summed E-state index contributed by atoms with van der Waals surface area (Å²) in [5.41, 5.74) is 0.366. The van der Waals surface area contributed by atoms with Crippen LogP contribution in [0.2, 0.25) is 5.02 Å². The van der Waals surface area contributed by atoms with Gasteiger partial charge in [-0.05, 0) is 45.9 Å². The number of nitrogens with zero attached hydrogens (tertiary/aromatic N) is 2. The normalized spacial score (nSPS) is 19.3. The zero-order valence-electron chi connectivity index (χ0n) is 13.4. The summed E-state index contributed by atoms with van der Waals surface area (Å²) in [6.45, 7) is 9.36. The van der Waals surface area contributed by atoms with Gasteiger partial charge in [-0.15, -0.1) is 0 Å². The van der Waals surface area contributed by atoms with E-state index in [9.17, 15) is 9.18 Å². The molecular weight excluding hydrogens is 307 g/mol. The van der Waals surface area contributed by atoms with Gasteiger partial charge in [0.15, 0.2) is 0 Å². The third-order valence-corrected chi connectivity index (χ3v) is 3.80. The molecule has 1 amide bonds. The number of benzene rings is 1. The zero-order valence-corrected chi connectivity index (χ0v) is 14.2. The lowest BCUT2D eigenvalue weighted by Crippen LogP contribution is -2.54. The average molecular weight is 329 g/mol. The van der Waals surface area contributed by atoms with Crippen LogP contribution in [0, 0.1) is 5.82 Å². The van der Waals surface area contributed by atoms with Gasteiger partial charge in [-0.2, -0.15) is 0 Å². The number of ether oxygens (including phenoxy) is 1. The molecule has 0 saturated carbocycles. The highest BCUT2D eigenvalue weighted by atomic mass is 35.5. The van der Waals surface area contributed by atoms with Crippen molar-refractivity contribution < 1.29 is 13.9 Å². The lowest BCUT2D eigenvalue weighted by molar-refractivity contribution is 0.0219. The summed E-state index contributed by atoms with van der Waals surface area (Å²) in [4.78, 5) is 15.9. The monoisotopic (exact) mass is 328 g/mol. The SMILES string of the molecule is C[C@H]1CN(C(=O)OC(C)(C)C)CCN1c1ccc(F)c(Cl)c1. The van der Waals surface area contributed by atoms with Gasteiger partial charge in [0.25, 0.3) is 0 Å². The third kappa shape index (κ3) is 4.03. The number of halogens is 2. The first-order valence-corrected chi connectivity index (χ1v) is 7.75. The molecule has 1 heterocycles. The predicted octanol–water partition coefficient (Wildman–Crippen LogP) is 3.92. The Bertz CT molecular complexity index is 560. The smallest absolute Gasteiger partial charge is 0.410 e. The molecule has 0 spiro atoms. The molecule has 0 aliphatic carbocycles. The van der Waals surface area contributed by atoms with E-state index in [0.29, 0.717) is 19.6 Å². The second-order valence-electron chi connectivity index (χ2n) is 6.57. The van der Waals surface area contributed by atoms with Gasteiger partial charge in [0, 0.05) is 31.4 Å². The lowest BCUT2D eigenvalue weighted by atomic mass is 10.1. The summed E-state index contributed by atoms with van der Waals surface area (Å²) in [5, 5.41) is 0.110. The number of hydrogen-bond acceptors (Lipinski definition) is 3. The number of anilines is 1. The van der Waals surface area contributed by atoms with Crippen molar-refractivity contribution >= 4 is 23.4 Å². The topological polar surface area (TPSA) is 32.8 Å². The fourth-order valence-corrected chi connectivity index (χ4v) is 2.67. The molecule has 0 radical (unpaired) electrons. The molecule has 1 fully saturated rings. The maximum atomic E-state index is 13.3. The molecule has 0 bridgehead atoms. The van der Waals surface area contributed by atoms with E-state index >= 15 is 0 Å². The van der Waals surface area contributed by atoms with Gasteiger partial charge >= 0.3 is 6.09 Å². The lowest BCUT2D eigenvalue weighted by Gasteiger charge is -2.41. The fourth-order valence-electron chi connectivity index (χ4n) is 2.50. The minimum atomic E-state index is -0.498. The predicted molar refractivity (Wildman–Crippen MR) is 86.0 cm³/mol. The average Bonchev–Trinajstić information content (AvgIpc) is 2.40. The Morgan fingerprint density at radius 1 is 1.36 bits per heavy atom. The van der Waals surface area contributed by atoms with Crippen molar-refractivity contribution in [3.05, 3.63) is 29.0 Å². The van der Waals surface area contributed by atoms with Crippen molar-refractivity contribution in [2.24, 2.45) is 0 Å². The number of hydrogen-bond donors (Lipinski definition) is 0. The molecule has 4 nitrogen and oxygen atoms in total. The van der Waals surface area contributed by atoms with E-state index < -0.39 is 11.4 Å². The summed E-state index contributed by atoms with van der Waals surface area (Å²) in [6, 6.07) is 4.80. The van der Waals surface area contributed by atoms with Crippen molar-refractivity contribution in [1.82, 2.24) is 4.90 Å². The highest BCUT2D eigenvalue weighted by Crippen LogP contribution is 2.26. The van der Waals surface area contributed by atoms with E-state index in [1.807, 2.05) is 27.7 Å². The molecule has 1 aliphatic rings. The van der Waals surface area contributed by atoms with Crippen molar-refractivity contribution in [2.45, 2.75) is 39.3 Å². The summed E-state index contributed by atoms with van der Waals surface area (Å²) >= 11 is 5.85. The quantitative estimate of drug-likeness (QED) is 0.783. The minimum absolute atomic E-state index is 0.0998. The van der Waals surface area contributed by atoms with E-state index in [1.54, 1.807) is 17.0 Å². The Labute approximate surface area is 135 Å². The fraction of sp³-hybridized carbons (Fsp3) is 0.562. The largest absolute Gasteiger partial charge is 0.444 e. The third-order valence-electron chi connectivity index (χ3n) is 3.51. The van der Waals surface area contributed by atoms with Crippen LogP contribution in [-0.2, 0) is 4.74 Å². The van der Waals surface area contributed by atoms with E-state index in [0.717, 1.165) is 5.69 Å². The van der Waals surface area contributed by atoms with Gasteiger partial charge < -0.3 is 14.5 Å². The van der Waals surface area contributed by atoms with Gasteiger partial charge in [-0.3, -0.25) is 0 Å².